The van der Waals surface area contributed by atoms with Gasteiger partial charge in [0, 0.05) is 19.1 Å². The third-order valence-electron chi connectivity index (χ3n) is 6.17. The van der Waals surface area contributed by atoms with Gasteiger partial charge in [0.15, 0.2) is 0 Å². The molecule has 0 bridgehead atoms. The van der Waals surface area contributed by atoms with E-state index in [4.69, 9.17) is 14.0 Å². The van der Waals surface area contributed by atoms with Gasteiger partial charge in [-0.25, -0.2) is 0 Å². The Morgan fingerprint density at radius 1 is 1.00 bits per heavy atom. The molecule has 2 aliphatic heterocycles. The maximum Gasteiger partial charge on any atom is 0.491 e. The van der Waals surface area contributed by atoms with E-state index >= 15 is 0 Å². The van der Waals surface area contributed by atoms with Crippen molar-refractivity contribution in [3.63, 3.8) is 0 Å². The van der Waals surface area contributed by atoms with Crippen LogP contribution >= 0.6 is 0 Å². The molecule has 0 aliphatic carbocycles. The molecule has 0 aromatic rings. The molecule has 0 radical (unpaired) electrons. The van der Waals surface area contributed by atoms with Gasteiger partial charge in [0.05, 0.1) is 24.4 Å². The van der Waals surface area contributed by atoms with Crippen LogP contribution in [0, 0.1) is 0 Å². The molecular formula is C21H40BNO3. The first-order chi connectivity index (χ1) is 12.3. The monoisotopic (exact) mass is 365 g/mol. The largest absolute Gasteiger partial charge is 0.491 e. The lowest BCUT2D eigenvalue weighted by atomic mass is 9.71. The van der Waals surface area contributed by atoms with Crippen molar-refractivity contribution in [2.24, 2.45) is 0 Å². The van der Waals surface area contributed by atoms with Gasteiger partial charge in [-0.05, 0) is 46.0 Å². The number of allylic oxidation sites excluding steroid dienone is 1. The molecule has 2 rings (SSSR count). The summed E-state index contributed by atoms with van der Waals surface area (Å²) in [6.07, 6.45) is 9.55. The molecule has 2 heterocycles. The summed E-state index contributed by atoms with van der Waals surface area (Å²) in [5.74, 6) is 0. The number of hydrogen-bond acceptors (Lipinski definition) is 4. The van der Waals surface area contributed by atoms with E-state index in [2.05, 4.69) is 52.5 Å². The SMILES string of the molecule is CCCC/C=C(\B1OC(C)(C)C(C)(C)O1)C(CCCC)N1CCOCC1. The van der Waals surface area contributed by atoms with Gasteiger partial charge < -0.3 is 14.0 Å². The van der Waals surface area contributed by atoms with Crippen molar-refractivity contribution < 1.29 is 14.0 Å². The van der Waals surface area contributed by atoms with E-state index in [9.17, 15) is 0 Å². The highest BCUT2D eigenvalue weighted by Crippen LogP contribution is 2.40. The summed E-state index contributed by atoms with van der Waals surface area (Å²) in [5, 5.41) is 0. The molecule has 0 saturated carbocycles. The molecule has 2 aliphatic rings. The maximum absolute atomic E-state index is 6.46. The Morgan fingerprint density at radius 3 is 2.12 bits per heavy atom. The van der Waals surface area contributed by atoms with E-state index in [1.165, 1.54) is 37.6 Å². The Hall–Kier alpha value is -0.355. The molecule has 4 nitrogen and oxygen atoms in total. The van der Waals surface area contributed by atoms with Crippen LogP contribution in [-0.2, 0) is 14.0 Å². The van der Waals surface area contributed by atoms with Crippen LogP contribution in [0.5, 0.6) is 0 Å². The summed E-state index contributed by atoms with van der Waals surface area (Å²) in [7, 11) is -0.235. The first-order valence-corrected chi connectivity index (χ1v) is 10.7. The predicted octanol–water partition coefficient (Wildman–Crippen LogP) is 4.63. The minimum absolute atomic E-state index is 0.235. The molecule has 1 unspecified atom stereocenters. The predicted molar refractivity (Wildman–Crippen MR) is 109 cm³/mol. The Labute approximate surface area is 161 Å². The van der Waals surface area contributed by atoms with Crippen molar-refractivity contribution in [1.29, 1.82) is 0 Å². The van der Waals surface area contributed by atoms with Crippen LogP contribution in [0.15, 0.2) is 11.5 Å². The molecule has 0 spiro atoms. The first-order valence-electron chi connectivity index (χ1n) is 10.7. The molecule has 0 aromatic heterocycles. The minimum Gasteiger partial charge on any atom is -0.400 e. The quantitative estimate of drug-likeness (QED) is 0.440. The lowest BCUT2D eigenvalue weighted by molar-refractivity contribution is 0.00578. The highest BCUT2D eigenvalue weighted by atomic mass is 16.7. The Bertz CT molecular complexity index is 442. The van der Waals surface area contributed by atoms with Crippen LogP contribution in [0.3, 0.4) is 0 Å². The minimum atomic E-state index is -0.290. The van der Waals surface area contributed by atoms with Gasteiger partial charge in [-0.2, -0.15) is 0 Å². The Morgan fingerprint density at radius 2 is 1.58 bits per heavy atom. The number of rotatable bonds is 9. The van der Waals surface area contributed by atoms with Crippen LogP contribution in [0.1, 0.15) is 80.1 Å². The molecular weight excluding hydrogens is 325 g/mol. The standard InChI is InChI=1S/C21H40BNO3/c1-7-9-11-12-18(22-25-20(3,4)21(5,6)26-22)19(13-10-8-2)23-14-16-24-17-15-23/h12,19H,7-11,13-17H2,1-6H3/b18-12-. The summed E-state index contributed by atoms with van der Waals surface area (Å²) in [4.78, 5) is 2.59. The molecule has 5 heteroatoms. The van der Waals surface area contributed by atoms with Gasteiger partial charge >= 0.3 is 7.12 Å². The molecule has 26 heavy (non-hydrogen) atoms. The zero-order chi connectivity index (χ0) is 19.2. The van der Waals surface area contributed by atoms with Crippen LogP contribution in [-0.4, -0.2) is 55.6 Å². The maximum atomic E-state index is 6.46. The lowest BCUT2D eigenvalue weighted by Gasteiger charge is -2.37. The fourth-order valence-electron chi connectivity index (χ4n) is 3.69. The molecule has 0 N–H and O–H groups in total. The van der Waals surface area contributed by atoms with Crippen LogP contribution in [0.4, 0.5) is 0 Å². The number of ether oxygens (including phenoxy) is 1. The van der Waals surface area contributed by atoms with Crippen LogP contribution < -0.4 is 0 Å². The summed E-state index contributed by atoms with van der Waals surface area (Å²) < 4.78 is 18.5. The second kappa shape index (κ2) is 9.72. The van der Waals surface area contributed by atoms with Crippen molar-refractivity contribution in [1.82, 2.24) is 4.90 Å². The van der Waals surface area contributed by atoms with E-state index in [-0.39, 0.29) is 18.3 Å². The fraction of sp³-hybridized carbons (Fsp3) is 0.905. The zero-order valence-electron chi connectivity index (χ0n) is 18.0. The molecule has 1 atom stereocenters. The highest BCUT2D eigenvalue weighted by Gasteiger charge is 2.53. The Kier molecular flexibility index (Phi) is 8.20. The van der Waals surface area contributed by atoms with Gasteiger partial charge in [-0.3, -0.25) is 4.90 Å². The van der Waals surface area contributed by atoms with Gasteiger partial charge in [-0.1, -0.05) is 45.6 Å². The average molecular weight is 365 g/mol. The van der Waals surface area contributed by atoms with Crippen LogP contribution in [0.2, 0.25) is 0 Å². The average Bonchev–Trinajstić information content (AvgIpc) is 2.82. The summed E-state index contributed by atoms with van der Waals surface area (Å²) >= 11 is 0. The summed E-state index contributed by atoms with van der Waals surface area (Å²) in [6, 6.07) is 0.394. The van der Waals surface area contributed by atoms with Crippen molar-refractivity contribution >= 4 is 7.12 Å². The van der Waals surface area contributed by atoms with Gasteiger partial charge in [-0.15, -0.1) is 0 Å². The molecule has 0 amide bonds. The van der Waals surface area contributed by atoms with E-state index in [1.54, 1.807) is 0 Å². The fourth-order valence-corrected chi connectivity index (χ4v) is 3.69. The van der Waals surface area contributed by atoms with Gasteiger partial charge in [0.2, 0.25) is 0 Å². The third kappa shape index (κ3) is 5.34. The number of morpholine rings is 1. The summed E-state index contributed by atoms with van der Waals surface area (Å²) in [6.45, 7) is 16.8. The second-order valence-electron chi connectivity index (χ2n) is 8.74. The number of nitrogens with zero attached hydrogens (tertiary/aromatic N) is 1. The van der Waals surface area contributed by atoms with Crippen molar-refractivity contribution in [2.75, 3.05) is 26.3 Å². The summed E-state index contributed by atoms with van der Waals surface area (Å²) in [5.41, 5.74) is 0.761. The lowest BCUT2D eigenvalue weighted by Crippen LogP contribution is -2.47. The smallest absolute Gasteiger partial charge is 0.400 e. The molecule has 150 valence electrons. The third-order valence-corrected chi connectivity index (χ3v) is 6.17. The van der Waals surface area contributed by atoms with Crippen molar-refractivity contribution in [3.8, 4) is 0 Å². The Balaban J connectivity index is 2.26. The van der Waals surface area contributed by atoms with E-state index < -0.39 is 0 Å². The van der Waals surface area contributed by atoms with Crippen molar-refractivity contribution in [2.45, 2.75) is 97.3 Å². The normalized spacial score (nSPS) is 24.8. The number of hydrogen-bond donors (Lipinski definition) is 0. The highest BCUT2D eigenvalue weighted by molar-refractivity contribution is 6.55. The van der Waals surface area contributed by atoms with E-state index in [0.717, 1.165) is 32.7 Å². The molecule has 0 aromatic carbocycles. The van der Waals surface area contributed by atoms with Gasteiger partial charge in [0.25, 0.3) is 0 Å². The molecule has 2 saturated heterocycles. The topological polar surface area (TPSA) is 30.9 Å². The first kappa shape index (κ1) is 21.9. The number of unbranched alkanes of at least 4 members (excludes halogenated alkanes) is 3. The van der Waals surface area contributed by atoms with E-state index in [0.29, 0.717) is 6.04 Å². The van der Waals surface area contributed by atoms with Gasteiger partial charge in [0.1, 0.15) is 0 Å². The zero-order valence-corrected chi connectivity index (χ0v) is 18.0. The second-order valence-corrected chi connectivity index (χ2v) is 8.74. The van der Waals surface area contributed by atoms with E-state index in [1.807, 2.05) is 0 Å². The van der Waals surface area contributed by atoms with Crippen molar-refractivity contribution in [3.05, 3.63) is 11.5 Å². The molecule has 2 fully saturated rings. The van der Waals surface area contributed by atoms with Crippen LogP contribution in [0.25, 0.3) is 0 Å².